The summed E-state index contributed by atoms with van der Waals surface area (Å²) in [5, 5.41) is 9.04. The molecule has 0 unspecified atom stereocenters. The zero-order valence-corrected chi connectivity index (χ0v) is 13.5. The molecule has 0 atom stereocenters. The number of rotatable bonds is 5. The number of carboxylic acid groups (broad SMARTS) is 1. The summed E-state index contributed by atoms with van der Waals surface area (Å²) in [7, 11) is -3.64. The second-order valence-corrected chi connectivity index (χ2v) is 7.38. The number of hydrogen-bond donors (Lipinski definition) is 2. The minimum absolute atomic E-state index is 0.137. The Balaban J connectivity index is 2.25. The van der Waals surface area contributed by atoms with Crippen LogP contribution in [0.5, 0.6) is 0 Å². The van der Waals surface area contributed by atoms with Crippen LogP contribution < -0.4 is 9.62 Å². The number of aliphatic carboxylic acids is 1. The molecule has 1 fully saturated rings. The minimum atomic E-state index is -3.64. The summed E-state index contributed by atoms with van der Waals surface area (Å²) < 4.78 is 27.4. The Hall–Kier alpha value is -1.67. The van der Waals surface area contributed by atoms with Crippen molar-refractivity contribution in [1.29, 1.82) is 0 Å². The van der Waals surface area contributed by atoms with Gasteiger partial charge in [0.15, 0.2) is 0 Å². The van der Waals surface area contributed by atoms with Gasteiger partial charge in [-0.25, -0.2) is 18.1 Å². The van der Waals surface area contributed by atoms with Crippen LogP contribution in [-0.4, -0.2) is 43.6 Å². The van der Waals surface area contributed by atoms with Crippen LogP contribution in [0.15, 0.2) is 23.2 Å². The molecule has 2 rings (SSSR count). The number of pyridine rings is 1. The fourth-order valence-electron chi connectivity index (χ4n) is 2.54. The lowest BCUT2D eigenvalue weighted by Gasteiger charge is -2.32. The van der Waals surface area contributed by atoms with Gasteiger partial charge in [0.1, 0.15) is 10.7 Å². The van der Waals surface area contributed by atoms with Gasteiger partial charge < -0.3 is 10.0 Å². The fraction of sp³-hybridized carbons (Fsp3) is 0.571. The van der Waals surface area contributed by atoms with Crippen LogP contribution in [0.4, 0.5) is 5.82 Å². The highest BCUT2D eigenvalue weighted by Crippen LogP contribution is 2.27. The standard InChI is InChI=1S/C14H21N3O4S/c1-10(2)16-22(20,21)12-4-3-7-15-13(12)17-8-5-11(6-9-17)14(18)19/h3-4,7,10-11,16H,5-6,8-9H2,1-2H3,(H,18,19). The molecule has 0 bridgehead atoms. The van der Waals surface area contributed by atoms with Crippen molar-refractivity contribution >= 4 is 21.8 Å². The Morgan fingerprint density at radius 1 is 1.41 bits per heavy atom. The third kappa shape index (κ3) is 3.75. The van der Waals surface area contributed by atoms with E-state index in [0.717, 1.165) is 0 Å². The highest BCUT2D eigenvalue weighted by molar-refractivity contribution is 7.89. The molecule has 7 nitrogen and oxygen atoms in total. The lowest BCUT2D eigenvalue weighted by Crippen LogP contribution is -2.38. The van der Waals surface area contributed by atoms with Crippen molar-refractivity contribution in [1.82, 2.24) is 9.71 Å². The molecule has 1 saturated heterocycles. The summed E-state index contributed by atoms with van der Waals surface area (Å²) in [4.78, 5) is 17.2. The predicted molar refractivity (Wildman–Crippen MR) is 82.3 cm³/mol. The van der Waals surface area contributed by atoms with Crippen molar-refractivity contribution in [3.63, 3.8) is 0 Å². The fourth-order valence-corrected chi connectivity index (χ4v) is 3.97. The van der Waals surface area contributed by atoms with E-state index in [4.69, 9.17) is 5.11 Å². The number of piperidine rings is 1. The van der Waals surface area contributed by atoms with Crippen molar-refractivity contribution in [2.75, 3.05) is 18.0 Å². The molecule has 22 heavy (non-hydrogen) atoms. The topological polar surface area (TPSA) is 99.6 Å². The number of nitrogens with zero attached hydrogens (tertiary/aromatic N) is 2. The second kappa shape index (κ2) is 6.62. The number of carbonyl (C=O) groups is 1. The highest BCUT2D eigenvalue weighted by atomic mass is 32.2. The van der Waals surface area contributed by atoms with E-state index in [1.54, 1.807) is 26.1 Å². The summed E-state index contributed by atoms with van der Waals surface area (Å²) in [6, 6.07) is 2.90. The second-order valence-electron chi connectivity index (χ2n) is 5.70. The number of anilines is 1. The van der Waals surface area contributed by atoms with Gasteiger partial charge in [0.05, 0.1) is 5.92 Å². The number of nitrogens with one attached hydrogen (secondary N) is 1. The summed E-state index contributed by atoms with van der Waals surface area (Å²) in [6.45, 7) is 4.48. The molecule has 0 saturated carbocycles. The van der Waals surface area contributed by atoms with Gasteiger partial charge in [-0.1, -0.05) is 0 Å². The molecular weight excluding hydrogens is 306 g/mol. The van der Waals surface area contributed by atoms with E-state index < -0.39 is 16.0 Å². The van der Waals surface area contributed by atoms with Gasteiger partial charge in [-0.15, -0.1) is 0 Å². The van der Waals surface area contributed by atoms with Gasteiger partial charge in [-0.3, -0.25) is 4.79 Å². The molecule has 0 aromatic carbocycles. The number of hydrogen-bond acceptors (Lipinski definition) is 5. The first kappa shape index (κ1) is 16.7. The maximum absolute atomic E-state index is 12.4. The van der Waals surface area contributed by atoms with Gasteiger partial charge in [-0.05, 0) is 38.8 Å². The highest BCUT2D eigenvalue weighted by Gasteiger charge is 2.29. The zero-order valence-electron chi connectivity index (χ0n) is 12.7. The lowest BCUT2D eigenvalue weighted by atomic mass is 9.97. The summed E-state index contributed by atoms with van der Waals surface area (Å²) in [6.07, 6.45) is 2.53. The van der Waals surface area contributed by atoms with Crippen molar-refractivity contribution in [2.45, 2.75) is 37.6 Å². The Bertz CT molecular complexity index is 637. The van der Waals surface area contributed by atoms with Gasteiger partial charge in [0.2, 0.25) is 10.0 Å². The first-order valence-corrected chi connectivity index (χ1v) is 8.74. The van der Waals surface area contributed by atoms with Gasteiger partial charge >= 0.3 is 5.97 Å². The molecule has 1 aromatic heterocycles. The molecule has 0 spiro atoms. The molecule has 0 amide bonds. The maximum Gasteiger partial charge on any atom is 0.306 e. The number of aromatic nitrogens is 1. The number of sulfonamides is 1. The zero-order chi connectivity index (χ0) is 16.3. The molecule has 1 aromatic rings. The summed E-state index contributed by atoms with van der Waals surface area (Å²) >= 11 is 0. The first-order valence-electron chi connectivity index (χ1n) is 7.26. The van der Waals surface area contributed by atoms with E-state index in [0.29, 0.717) is 31.7 Å². The van der Waals surface area contributed by atoms with E-state index in [9.17, 15) is 13.2 Å². The van der Waals surface area contributed by atoms with Gasteiger partial charge in [-0.2, -0.15) is 0 Å². The first-order chi connectivity index (χ1) is 10.3. The average molecular weight is 327 g/mol. The van der Waals surface area contributed by atoms with Crippen LogP contribution in [0.25, 0.3) is 0 Å². The van der Waals surface area contributed by atoms with E-state index >= 15 is 0 Å². The monoisotopic (exact) mass is 327 g/mol. The molecule has 0 radical (unpaired) electrons. The van der Waals surface area contributed by atoms with Gasteiger partial charge in [0.25, 0.3) is 0 Å². The molecule has 8 heteroatoms. The minimum Gasteiger partial charge on any atom is -0.481 e. The van der Waals surface area contributed by atoms with E-state index in [-0.39, 0.29) is 16.9 Å². The van der Waals surface area contributed by atoms with E-state index in [1.807, 2.05) is 4.90 Å². The molecular formula is C14H21N3O4S. The Kier molecular flexibility index (Phi) is 5.02. The predicted octanol–water partition coefficient (Wildman–Crippen LogP) is 1.07. The SMILES string of the molecule is CC(C)NS(=O)(=O)c1cccnc1N1CCC(C(=O)O)CC1. The molecule has 0 aliphatic carbocycles. The largest absolute Gasteiger partial charge is 0.481 e. The smallest absolute Gasteiger partial charge is 0.306 e. The Labute approximate surface area is 130 Å². The van der Waals surface area contributed by atoms with Crippen LogP contribution in [0, 0.1) is 5.92 Å². The van der Waals surface area contributed by atoms with Crippen LogP contribution in [0.1, 0.15) is 26.7 Å². The lowest BCUT2D eigenvalue weighted by molar-refractivity contribution is -0.142. The van der Waals surface area contributed by atoms with E-state index in [1.165, 1.54) is 6.07 Å². The molecule has 1 aliphatic rings. The number of carboxylic acids is 1. The Morgan fingerprint density at radius 2 is 2.05 bits per heavy atom. The van der Waals surface area contributed by atoms with Gasteiger partial charge in [0, 0.05) is 25.3 Å². The third-order valence-electron chi connectivity index (χ3n) is 3.57. The summed E-state index contributed by atoms with van der Waals surface area (Å²) in [5.74, 6) is -0.775. The normalized spacial score (nSPS) is 17.0. The van der Waals surface area contributed by atoms with E-state index in [2.05, 4.69) is 9.71 Å². The van der Waals surface area contributed by atoms with Crippen LogP contribution in [0.2, 0.25) is 0 Å². The molecule has 2 heterocycles. The van der Waals surface area contributed by atoms with Crippen molar-refractivity contribution in [3.05, 3.63) is 18.3 Å². The average Bonchev–Trinajstić information content (AvgIpc) is 2.46. The quantitative estimate of drug-likeness (QED) is 0.839. The maximum atomic E-state index is 12.4. The van der Waals surface area contributed by atoms with Crippen LogP contribution >= 0.6 is 0 Å². The van der Waals surface area contributed by atoms with Crippen molar-refractivity contribution in [2.24, 2.45) is 5.92 Å². The third-order valence-corrected chi connectivity index (χ3v) is 5.25. The van der Waals surface area contributed by atoms with Crippen LogP contribution in [0.3, 0.4) is 0 Å². The molecule has 122 valence electrons. The van der Waals surface area contributed by atoms with Crippen molar-refractivity contribution < 1.29 is 18.3 Å². The molecule has 2 N–H and O–H groups in total. The summed E-state index contributed by atoms with van der Waals surface area (Å²) in [5.41, 5.74) is 0. The van der Waals surface area contributed by atoms with Crippen molar-refractivity contribution in [3.8, 4) is 0 Å². The Morgan fingerprint density at radius 3 is 2.59 bits per heavy atom. The molecule has 1 aliphatic heterocycles. The van der Waals surface area contributed by atoms with Crippen LogP contribution in [-0.2, 0) is 14.8 Å².